The van der Waals surface area contributed by atoms with Crippen molar-refractivity contribution in [2.24, 2.45) is 0 Å². The SMILES string of the molecule is Cc1cccc(NC(=O)N(OC(=O)C(F)(F)F)c2ccc(C[C@@H](CO)NC[C@H](O)COc3ccccc3)cc2)c1. The number of halogens is 3. The van der Waals surface area contributed by atoms with Gasteiger partial charge in [0.2, 0.25) is 0 Å². The first-order chi connectivity index (χ1) is 19.0. The number of ether oxygens (including phenoxy) is 1. The molecule has 0 aromatic heterocycles. The van der Waals surface area contributed by atoms with Gasteiger partial charge in [0.25, 0.3) is 0 Å². The summed E-state index contributed by atoms with van der Waals surface area (Å²) in [6, 6.07) is 19.6. The van der Waals surface area contributed by atoms with Crippen molar-refractivity contribution in [3.8, 4) is 5.75 Å². The molecule has 0 fully saturated rings. The maximum atomic E-state index is 12.9. The monoisotopic (exact) mass is 561 g/mol. The number of hydroxylamine groups is 1. The Morgan fingerprint density at radius 1 is 1.00 bits per heavy atom. The van der Waals surface area contributed by atoms with Crippen LogP contribution in [0.4, 0.5) is 29.3 Å². The van der Waals surface area contributed by atoms with Crippen molar-refractivity contribution in [1.82, 2.24) is 5.32 Å². The molecule has 0 saturated heterocycles. The lowest BCUT2D eigenvalue weighted by molar-refractivity contribution is -0.199. The molecule has 3 aromatic rings. The predicted molar refractivity (Wildman–Crippen MR) is 142 cm³/mol. The third-order valence-corrected chi connectivity index (χ3v) is 5.56. The number of nitrogens with one attached hydrogen (secondary N) is 2. The molecule has 0 heterocycles. The third kappa shape index (κ3) is 9.56. The molecule has 0 saturated carbocycles. The molecular weight excluding hydrogens is 531 g/mol. The van der Waals surface area contributed by atoms with Gasteiger partial charge in [-0.2, -0.15) is 13.2 Å². The van der Waals surface area contributed by atoms with E-state index in [1.165, 1.54) is 30.3 Å². The number of aliphatic hydroxyl groups is 2. The molecule has 2 amide bonds. The van der Waals surface area contributed by atoms with Crippen LogP contribution < -0.4 is 20.4 Å². The van der Waals surface area contributed by atoms with E-state index in [1.807, 2.05) is 18.2 Å². The van der Waals surface area contributed by atoms with E-state index in [-0.39, 0.29) is 30.5 Å². The zero-order valence-corrected chi connectivity index (χ0v) is 21.6. The van der Waals surface area contributed by atoms with Gasteiger partial charge < -0.3 is 30.4 Å². The number of para-hydroxylation sites is 1. The summed E-state index contributed by atoms with van der Waals surface area (Å²) in [5.74, 6) is -1.95. The highest BCUT2D eigenvalue weighted by molar-refractivity contribution is 6.01. The minimum atomic E-state index is -5.32. The second-order valence-electron chi connectivity index (χ2n) is 8.91. The zero-order valence-electron chi connectivity index (χ0n) is 21.6. The van der Waals surface area contributed by atoms with Crippen LogP contribution in [0.25, 0.3) is 0 Å². The largest absolute Gasteiger partial charge is 0.493 e. The predicted octanol–water partition coefficient (Wildman–Crippen LogP) is 3.99. The minimum absolute atomic E-state index is 0.0426. The maximum Gasteiger partial charge on any atom is 0.493 e. The van der Waals surface area contributed by atoms with Gasteiger partial charge in [-0.3, -0.25) is 0 Å². The number of rotatable bonds is 11. The summed E-state index contributed by atoms with van der Waals surface area (Å²) in [4.78, 5) is 28.7. The fourth-order valence-electron chi connectivity index (χ4n) is 3.57. The van der Waals surface area contributed by atoms with Gasteiger partial charge in [0, 0.05) is 18.3 Å². The van der Waals surface area contributed by atoms with Crippen molar-refractivity contribution in [3.63, 3.8) is 0 Å². The number of hydrogen-bond acceptors (Lipinski definition) is 7. The standard InChI is InChI=1S/C28H30F3N3O6/c1-19-6-5-7-21(14-19)33-27(38)34(40-26(37)28(29,30)31)23-12-10-20(11-13-23)15-22(17-35)32-16-24(36)18-39-25-8-3-2-4-9-25/h2-14,22,24,32,35-36H,15-18H2,1H3,(H,33,38)/t22-,24-/m0/s1. The smallest absolute Gasteiger partial charge is 0.491 e. The zero-order chi connectivity index (χ0) is 29.1. The molecule has 0 aliphatic carbocycles. The fraction of sp³-hybridized carbons (Fsp3) is 0.286. The lowest BCUT2D eigenvalue weighted by Crippen LogP contribution is -2.41. The second kappa shape index (κ2) is 14.3. The van der Waals surface area contributed by atoms with E-state index in [4.69, 9.17) is 4.74 Å². The fourth-order valence-corrected chi connectivity index (χ4v) is 3.57. The van der Waals surface area contributed by atoms with Crippen LogP contribution in [-0.4, -0.2) is 60.3 Å². The number of anilines is 2. The molecule has 0 spiro atoms. The Morgan fingerprint density at radius 2 is 1.70 bits per heavy atom. The van der Waals surface area contributed by atoms with Crippen molar-refractivity contribution in [2.45, 2.75) is 31.7 Å². The van der Waals surface area contributed by atoms with E-state index in [2.05, 4.69) is 15.5 Å². The summed E-state index contributed by atoms with van der Waals surface area (Å²) >= 11 is 0. The number of alkyl halides is 3. The Morgan fingerprint density at radius 3 is 2.33 bits per heavy atom. The third-order valence-electron chi connectivity index (χ3n) is 5.56. The lowest BCUT2D eigenvalue weighted by atomic mass is 10.1. The van der Waals surface area contributed by atoms with E-state index in [9.17, 15) is 33.0 Å². The minimum Gasteiger partial charge on any atom is -0.491 e. The second-order valence-corrected chi connectivity index (χ2v) is 8.91. The van der Waals surface area contributed by atoms with Gasteiger partial charge in [-0.25, -0.2) is 9.59 Å². The summed E-state index contributed by atoms with van der Waals surface area (Å²) in [6.45, 7) is 1.68. The molecule has 12 heteroatoms. The van der Waals surface area contributed by atoms with E-state index >= 15 is 0 Å². The van der Waals surface area contributed by atoms with E-state index in [0.717, 1.165) is 5.56 Å². The van der Waals surface area contributed by atoms with Gasteiger partial charge >= 0.3 is 18.2 Å². The molecule has 0 radical (unpaired) electrons. The number of urea groups is 1. The molecule has 0 aliphatic rings. The van der Waals surface area contributed by atoms with Gasteiger partial charge in [-0.05, 0) is 60.9 Å². The number of aryl methyl sites for hydroxylation is 1. The van der Waals surface area contributed by atoms with Crippen LogP contribution in [0, 0.1) is 6.92 Å². The highest BCUT2D eigenvalue weighted by atomic mass is 19.4. The molecule has 214 valence electrons. The van der Waals surface area contributed by atoms with Crippen molar-refractivity contribution in [2.75, 3.05) is 30.1 Å². The summed E-state index contributed by atoms with van der Waals surface area (Å²) in [5, 5.41) is 25.6. The van der Waals surface area contributed by atoms with Crippen molar-refractivity contribution in [1.29, 1.82) is 0 Å². The quantitative estimate of drug-likeness (QED) is 0.262. The Hall–Kier alpha value is -4.13. The highest BCUT2D eigenvalue weighted by Crippen LogP contribution is 2.23. The first-order valence-corrected chi connectivity index (χ1v) is 12.3. The topological polar surface area (TPSA) is 120 Å². The van der Waals surface area contributed by atoms with Crippen molar-refractivity contribution < 1.29 is 42.5 Å². The van der Waals surface area contributed by atoms with Gasteiger partial charge in [0.1, 0.15) is 18.5 Å². The van der Waals surface area contributed by atoms with Gasteiger partial charge in [-0.1, -0.05) is 42.5 Å². The van der Waals surface area contributed by atoms with Crippen LogP contribution in [0.2, 0.25) is 0 Å². The average Bonchev–Trinajstić information content (AvgIpc) is 2.93. The van der Waals surface area contributed by atoms with Crippen molar-refractivity contribution >= 4 is 23.4 Å². The Bertz CT molecular complexity index is 1240. The molecule has 40 heavy (non-hydrogen) atoms. The maximum absolute atomic E-state index is 12.9. The van der Waals surface area contributed by atoms with E-state index in [0.29, 0.717) is 23.4 Å². The molecule has 2 atom stereocenters. The number of benzene rings is 3. The van der Waals surface area contributed by atoms with Gasteiger partial charge in [0.15, 0.2) is 0 Å². The molecular formula is C28H30F3N3O6. The first kappa shape index (κ1) is 30.4. The van der Waals surface area contributed by atoms with E-state index < -0.39 is 30.3 Å². The summed E-state index contributed by atoms with van der Waals surface area (Å²) in [6.07, 6.45) is -5.88. The summed E-state index contributed by atoms with van der Waals surface area (Å²) in [5.41, 5.74) is 1.62. The molecule has 0 unspecified atom stereocenters. The number of carbonyl (C=O) groups excluding carboxylic acids is 2. The Balaban J connectivity index is 1.63. The molecule has 0 aliphatic heterocycles. The molecule has 4 N–H and O–H groups in total. The van der Waals surface area contributed by atoms with Crippen LogP contribution in [0.15, 0.2) is 78.9 Å². The summed E-state index contributed by atoms with van der Waals surface area (Å²) < 4.78 is 44.2. The van der Waals surface area contributed by atoms with E-state index in [1.54, 1.807) is 37.3 Å². The number of amides is 2. The molecule has 9 nitrogen and oxygen atoms in total. The normalized spacial score (nSPS) is 12.8. The number of aliphatic hydroxyl groups excluding tert-OH is 2. The Kier molecular flexibility index (Phi) is 10.9. The molecule has 3 aromatic carbocycles. The molecule has 0 bridgehead atoms. The van der Waals surface area contributed by atoms with Crippen LogP contribution >= 0.6 is 0 Å². The lowest BCUT2D eigenvalue weighted by Gasteiger charge is -2.23. The van der Waals surface area contributed by atoms with Crippen LogP contribution in [-0.2, 0) is 16.1 Å². The van der Waals surface area contributed by atoms with Crippen LogP contribution in [0.5, 0.6) is 5.75 Å². The first-order valence-electron chi connectivity index (χ1n) is 12.3. The number of nitrogens with zero attached hydrogens (tertiary/aromatic N) is 1. The number of carbonyl (C=O) groups is 2. The highest BCUT2D eigenvalue weighted by Gasteiger charge is 2.43. The van der Waals surface area contributed by atoms with Crippen molar-refractivity contribution in [3.05, 3.63) is 90.0 Å². The number of hydrogen-bond donors (Lipinski definition) is 4. The van der Waals surface area contributed by atoms with Gasteiger partial charge in [-0.15, -0.1) is 5.06 Å². The van der Waals surface area contributed by atoms with Gasteiger partial charge in [0.05, 0.1) is 12.3 Å². The Labute approximate surface area is 229 Å². The summed E-state index contributed by atoms with van der Waals surface area (Å²) in [7, 11) is 0. The van der Waals surface area contributed by atoms with Crippen LogP contribution in [0.1, 0.15) is 11.1 Å². The average molecular weight is 562 g/mol. The molecule has 3 rings (SSSR count). The van der Waals surface area contributed by atoms with Crippen LogP contribution in [0.3, 0.4) is 0 Å².